The topological polar surface area (TPSA) is 87.2 Å². The Bertz CT molecular complexity index is 1170. The fourth-order valence-electron chi connectivity index (χ4n) is 4.20. The van der Waals surface area contributed by atoms with Crippen molar-refractivity contribution >= 4 is 16.0 Å². The Kier molecular flexibility index (Phi) is 7.43. The van der Waals surface area contributed by atoms with E-state index in [1.807, 2.05) is 51.7 Å². The van der Waals surface area contributed by atoms with E-state index in [1.165, 1.54) is 16.4 Å². The second-order valence-electron chi connectivity index (χ2n) is 9.80. The van der Waals surface area contributed by atoms with Crippen molar-refractivity contribution in [3.8, 4) is 0 Å². The summed E-state index contributed by atoms with van der Waals surface area (Å²) in [4.78, 5) is 13.6. The first kappa shape index (κ1) is 25.8. The zero-order valence-corrected chi connectivity index (χ0v) is 21.4. The van der Waals surface area contributed by atoms with Crippen LogP contribution in [0, 0.1) is 13.8 Å². The number of carbonyl (C=O) groups is 1. The molecule has 0 unspecified atom stereocenters. The van der Waals surface area contributed by atoms with Gasteiger partial charge in [-0.15, -0.1) is 0 Å². The zero-order chi connectivity index (χ0) is 25.3. The van der Waals surface area contributed by atoms with E-state index in [2.05, 4.69) is 12.6 Å². The molecule has 0 atom stereocenters. The summed E-state index contributed by atoms with van der Waals surface area (Å²) in [5, 5.41) is 9.49. The maximum absolute atomic E-state index is 13.7. The number of aryl methyl sites for hydroxylation is 2. The Morgan fingerprint density at radius 1 is 1.03 bits per heavy atom. The van der Waals surface area contributed by atoms with Gasteiger partial charge in [-0.1, -0.05) is 35.4 Å². The number of nitrogens with zero attached hydrogens (tertiary/aromatic N) is 2. The Hall–Kier alpha value is -2.84. The summed E-state index contributed by atoms with van der Waals surface area (Å²) in [7, 11) is -3.90. The van der Waals surface area contributed by atoms with Gasteiger partial charge in [-0.2, -0.15) is 4.31 Å². The van der Waals surface area contributed by atoms with Crippen molar-refractivity contribution in [2.24, 2.45) is 0 Å². The highest BCUT2D eigenvalue weighted by Crippen LogP contribution is 2.27. The minimum Gasteiger partial charge on any atom is -0.478 e. The SMILES string of the molecule is C=C(OC(C)(C)C)N1CCN(S(=O)(=O)c2cc(C(=O)O)ccc2Cc2cc(C)cc(C)c2)CC1. The molecule has 0 aromatic heterocycles. The largest absolute Gasteiger partial charge is 0.478 e. The summed E-state index contributed by atoms with van der Waals surface area (Å²) in [6.45, 7) is 15.2. The fourth-order valence-corrected chi connectivity index (χ4v) is 5.87. The molecule has 0 aliphatic carbocycles. The molecule has 2 aromatic rings. The molecule has 34 heavy (non-hydrogen) atoms. The molecular formula is C26H34N2O5S. The smallest absolute Gasteiger partial charge is 0.335 e. The number of carboxylic acid groups (broad SMARTS) is 1. The van der Waals surface area contributed by atoms with Gasteiger partial charge in [-0.05, 0) is 70.9 Å². The lowest BCUT2D eigenvalue weighted by atomic mass is 10.00. The first-order valence-electron chi connectivity index (χ1n) is 11.3. The van der Waals surface area contributed by atoms with Gasteiger partial charge in [0.05, 0.1) is 10.5 Å². The van der Waals surface area contributed by atoms with Crippen LogP contribution < -0.4 is 0 Å². The second kappa shape index (κ2) is 9.80. The number of hydrogen-bond acceptors (Lipinski definition) is 5. The summed E-state index contributed by atoms with van der Waals surface area (Å²) in [5.41, 5.74) is 3.31. The maximum Gasteiger partial charge on any atom is 0.335 e. The van der Waals surface area contributed by atoms with Gasteiger partial charge >= 0.3 is 5.97 Å². The zero-order valence-electron chi connectivity index (χ0n) is 20.6. The molecule has 1 fully saturated rings. The molecular weight excluding hydrogens is 452 g/mol. The van der Waals surface area contributed by atoms with Gasteiger partial charge < -0.3 is 14.7 Å². The molecule has 1 aliphatic rings. The van der Waals surface area contributed by atoms with E-state index in [4.69, 9.17) is 4.74 Å². The molecule has 0 spiro atoms. The number of sulfonamides is 1. The lowest BCUT2D eigenvalue weighted by Crippen LogP contribution is -2.49. The van der Waals surface area contributed by atoms with Crippen molar-refractivity contribution < 1.29 is 23.1 Å². The van der Waals surface area contributed by atoms with Gasteiger partial charge in [-0.25, -0.2) is 13.2 Å². The number of carboxylic acids is 1. The number of ether oxygens (including phenoxy) is 1. The van der Waals surface area contributed by atoms with Crippen LogP contribution in [-0.4, -0.2) is 60.5 Å². The monoisotopic (exact) mass is 486 g/mol. The van der Waals surface area contributed by atoms with Gasteiger partial charge in [0.1, 0.15) is 5.60 Å². The predicted molar refractivity (Wildman–Crippen MR) is 132 cm³/mol. The van der Waals surface area contributed by atoms with Crippen molar-refractivity contribution in [3.63, 3.8) is 0 Å². The van der Waals surface area contributed by atoms with E-state index in [1.54, 1.807) is 6.07 Å². The molecule has 7 nitrogen and oxygen atoms in total. The minimum absolute atomic E-state index is 0.0461. The van der Waals surface area contributed by atoms with Crippen LogP contribution in [0.2, 0.25) is 0 Å². The molecule has 0 bridgehead atoms. The molecule has 2 aromatic carbocycles. The molecule has 1 heterocycles. The molecule has 3 rings (SSSR count). The standard InChI is InChI=1S/C26H34N2O5S/c1-18-13-19(2)15-21(14-18)16-22-7-8-23(25(29)30)17-24(22)34(31,32)28-11-9-27(10-12-28)20(3)33-26(4,5)6/h7-8,13-15,17H,3,9-12,16H2,1-2,4-6H3,(H,29,30). The first-order chi connectivity index (χ1) is 15.8. The molecule has 0 saturated carbocycles. The summed E-state index contributed by atoms with van der Waals surface area (Å²) in [5.74, 6) is -0.636. The van der Waals surface area contributed by atoms with Crippen LogP contribution in [0.25, 0.3) is 0 Å². The van der Waals surface area contributed by atoms with Crippen LogP contribution in [0.5, 0.6) is 0 Å². The van der Waals surface area contributed by atoms with Crippen LogP contribution in [0.3, 0.4) is 0 Å². The van der Waals surface area contributed by atoms with Crippen LogP contribution in [0.4, 0.5) is 0 Å². The summed E-state index contributed by atoms with van der Waals surface area (Å²) >= 11 is 0. The number of aromatic carboxylic acids is 1. The third-order valence-corrected chi connectivity index (χ3v) is 7.60. The Balaban J connectivity index is 1.88. The van der Waals surface area contributed by atoms with Gasteiger partial charge in [0.25, 0.3) is 0 Å². The third-order valence-electron chi connectivity index (χ3n) is 5.62. The molecule has 0 amide bonds. The van der Waals surface area contributed by atoms with E-state index in [0.717, 1.165) is 16.7 Å². The van der Waals surface area contributed by atoms with Crippen LogP contribution >= 0.6 is 0 Å². The van der Waals surface area contributed by atoms with Crippen LogP contribution in [0.1, 0.15) is 53.4 Å². The van der Waals surface area contributed by atoms with Crippen molar-refractivity contribution in [2.75, 3.05) is 26.2 Å². The number of hydrogen-bond donors (Lipinski definition) is 1. The van der Waals surface area contributed by atoms with E-state index in [0.29, 0.717) is 31.0 Å². The summed E-state index contributed by atoms with van der Waals surface area (Å²) < 4.78 is 34.6. The lowest BCUT2D eigenvalue weighted by Gasteiger charge is -2.38. The highest BCUT2D eigenvalue weighted by molar-refractivity contribution is 7.89. The summed E-state index contributed by atoms with van der Waals surface area (Å²) in [6, 6.07) is 10.5. The molecule has 0 radical (unpaired) electrons. The van der Waals surface area contributed by atoms with Crippen LogP contribution in [0.15, 0.2) is 53.8 Å². The second-order valence-corrected chi connectivity index (χ2v) is 11.7. The van der Waals surface area contributed by atoms with E-state index in [-0.39, 0.29) is 29.1 Å². The third kappa shape index (κ3) is 6.18. The molecule has 184 valence electrons. The average Bonchev–Trinajstić information content (AvgIpc) is 2.72. The average molecular weight is 487 g/mol. The normalized spacial score (nSPS) is 15.3. The molecule has 1 saturated heterocycles. The first-order valence-corrected chi connectivity index (χ1v) is 12.8. The van der Waals surface area contributed by atoms with E-state index >= 15 is 0 Å². The fraction of sp³-hybridized carbons (Fsp3) is 0.423. The molecule has 1 N–H and O–H groups in total. The number of rotatable bonds is 7. The van der Waals surface area contributed by atoms with Crippen LogP contribution in [-0.2, 0) is 21.2 Å². The Morgan fingerprint density at radius 2 is 1.62 bits per heavy atom. The minimum atomic E-state index is -3.90. The highest BCUT2D eigenvalue weighted by Gasteiger charge is 2.32. The number of benzene rings is 2. The Labute approximate surface area is 202 Å². The predicted octanol–water partition coefficient (Wildman–Crippen LogP) is 4.19. The maximum atomic E-state index is 13.7. The van der Waals surface area contributed by atoms with Gasteiger partial charge in [0.2, 0.25) is 10.0 Å². The van der Waals surface area contributed by atoms with Crippen molar-refractivity contribution in [1.29, 1.82) is 0 Å². The molecule has 8 heteroatoms. The quantitative estimate of drug-likeness (QED) is 0.591. The van der Waals surface area contributed by atoms with Crippen molar-refractivity contribution in [1.82, 2.24) is 9.21 Å². The lowest BCUT2D eigenvalue weighted by molar-refractivity contribution is -0.00425. The van der Waals surface area contributed by atoms with Gasteiger partial charge in [0.15, 0.2) is 5.88 Å². The summed E-state index contributed by atoms with van der Waals surface area (Å²) in [6.07, 6.45) is 0.396. The van der Waals surface area contributed by atoms with Crippen molar-refractivity contribution in [3.05, 3.63) is 76.7 Å². The highest BCUT2D eigenvalue weighted by atomic mass is 32.2. The Morgan fingerprint density at radius 3 is 2.15 bits per heavy atom. The molecule has 1 aliphatic heterocycles. The van der Waals surface area contributed by atoms with E-state index in [9.17, 15) is 18.3 Å². The van der Waals surface area contributed by atoms with E-state index < -0.39 is 16.0 Å². The van der Waals surface area contributed by atoms with Crippen molar-refractivity contribution in [2.45, 2.75) is 51.5 Å². The van der Waals surface area contributed by atoms with Gasteiger partial charge in [0, 0.05) is 26.2 Å². The number of piperazine rings is 1. The van der Waals surface area contributed by atoms with Gasteiger partial charge in [-0.3, -0.25) is 0 Å².